The van der Waals surface area contributed by atoms with E-state index in [1.807, 2.05) is 104 Å². The maximum Gasteiger partial charge on any atom is 0.171 e. The number of rotatable bonds is 0. The van der Waals surface area contributed by atoms with Gasteiger partial charge in [0.15, 0.2) is 5.82 Å². The molecule has 1 aromatic carbocycles. The van der Waals surface area contributed by atoms with Crippen LogP contribution in [0.3, 0.4) is 0 Å². The van der Waals surface area contributed by atoms with Crippen molar-refractivity contribution in [1.82, 2.24) is 104 Å². The Morgan fingerprint density at radius 2 is 1.00 bits per heavy atom. The van der Waals surface area contributed by atoms with E-state index in [0.717, 1.165) is 62.8 Å². The van der Waals surface area contributed by atoms with Crippen LogP contribution in [0.1, 0.15) is 107 Å². The van der Waals surface area contributed by atoms with Crippen LogP contribution in [0, 0.1) is 132 Å². The lowest BCUT2D eigenvalue weighted by molar-refractivity contribution is 0.629. The van der Waals surface area contributed by atoms with E-state index >= 15 is 0 Å². The Kier molecular flexibility index (Phi) is 22.7. The van der Waals surface area contributed by atoms with Crippen LogP contribution < -0.4 is 0 Å². The number of imidazole rings is 2. The largest absolute Gasteiger partial charge is 0.342 e. The van der Waals surface area contributed by atoms with E-state index in [2.05, 4.69) is 127 Å². The smallest absolute Gasteiger partial charge is 0.171 e. The van der Waals surface area contributed by atoms with Gasteiger partial charge in [-0.3, -0.25) is 9.36 Å². The minimum Gasteiger partial charge on any atom is -0.342 e. The molecule has 0 aliphatic heterocycles. The monoisotopic (exact) mass is 972 g/mol. The first-order valence-corrected chi connectivity index (χ1v) is 23.4. The Morgan fingerprint density at radius 3 is 1.22 bits per heavy atom. The van der Waals surface area contributed by atoms with Crippen molar-refractivity contribution in [2.75, 3.05) is 0 Å². The molecule has 0 unspecified atom stereocenters. The van der Waals surface area contributed by atoms with Crippen molar-refractivity contribution in [2.24, 2.45) is 35.2 Å². The van der Waals surface area contributed by atoms with Gasteiger partial charge < -0.3 is 9.55 Å². The molecule has 0 aliphatic rings. The van der Waals surface area contributed by atoms with E-state index in [0.29, 0.717) is 5.82 Å². The number of fused-ring (bicyclic) bond motifs is 1. The summed E-state index contributed by atoms with van der Waals surface area (Å²) in [5, 5.41) is 31.8. The van der Waals surface area contributed by atoms with Crippen LogP contribution in [-0.2, 0) is 35.2 Å². The molecule has 1 N–H and O–H groups in total. The van der Waals surface area contributed by atoms with Gasteiger partial charge >= 0.3 is 0 Å². The highest BCUT2D eigenvalue weighted by molar-refractivity contribution is 7.11. The van der Waals surface area contributed by atoms with Crippen molar-refractivity contribution in [3.8, 4) is 0 Å². The topological polar surface area (TPSA) is 234 Å². The van der Waals surface area contributed by atoms with E-state index in [4.69, 9.17) is 0 Å². The van der Waals surface area contributed by atoms with Crippen molar-refractivity contribution < 1.29 is 0 Å². The molecular weight excluding hydrogens is 899 g/mol. The minimum absolute atomic E-state index is 0.711. The van der Waals surface area contributed by atoms with Gasteiger partial charge in [-0.05, 0) is 181 Å². The quantitative estimate of drug-likeness (QED) is 0.154. The minimum atomic E-state index is 0.711. The number of aromatic amines is 1. The molecule has 8 heterocycles. The lowest BCUT2D eigenvalue weighted by atomic mass is 9.98. The van der Waals surface area contributed by atoms with Gasteiger partial charge in [-0.2, -0.15) is 19.4 Å². The third-order valence-electron chi connectivity index (χ3n) is 10.5. The standard InChI is InChI=1S/C12H16N2.C7H12N2.C6H9NS.2C5H9N3.C4H6N2S.2C3H6N4/c1-6-7(2)9(4)12-11(8(6)3)13-10(5)14-12;1-5-6(2)9(4)7(3)8-5;1-4-5(2)8-6(3)7-4;2*1-4-6-5(2)8(3)7-4;1-3-5-4(2)7-6-3;1-3-4-5-6-7(3)2;1-3-4-6-7(2)5-3/h1-5H3,(H,13,14);1-4H3;3*1-3H3;3*1-2H3. The van der Waals surface area contributed by atoms with E-state index in [9.17, 15) is 0 Å². The van der Waals surface area contributed by atoms with Crippen LogP contribution in [0.25, 0.3) is 11.0 Å². The molecule has 21 nitrogen and oxygen atoms in total. The fourth-order valence-corrected chi connectivity index (χ4v) is 7.07. The number of hydrogen-bond acceptors (Lipinski definition) is 17. The van der Waals surface area contributed by atoms with Crippen LogP contribution in [0.5, 0.6) is 0 Å². The molecular formula is C45H73N21S2. The van der Waals surface area contributed by atoms with Crippen LogP contribution >= 0.6 is 22.9 Å². The lowest BCUT2D eigenvalue weighted by Gasteiger charge is -2.09. The average Bonchev–Trinajstić information content (AvgIpc) is 4.17. The number of aryl methyl sites for hydroxylation is 20. The summed E-state index contributed by atoms with van der Waals surface area (Å²) < 4.78 is 11.2. The van der Waals surface area contributed by atoms with Gasteiger partial charge in [-0.15, -0.1) is 26.6 Å². The number of thiazole rings is 1. The summed E-state index contributed by atoms with van der Waals surface area (Å²) in [6.07, 6.45) is 0. The van der Waals surface area contributed by atoms with Crippen molar-refractivity contribution in [2.45, 2.75) is 132 Å². The molecule has 23 heteroatoms. The first-order chi connectivity index (χ1) is 31.6. The number of nitrogens with zero attached hydrogens (tertiary/aromatic N) is 20. The predicted molar refractivity (Wildman–Crippen MR) is 271 cm³/mol. The van der Waals surface area contributed by atoms with E-state index < -0.39 is 0 Å². The molecule has 370 valence electrons. The Labute approximate surface area is 409 Å². The molecule has 0 fully saturated rings. The van der Waals surface area contributed by atoms with Gasteiger partial charge in [0.2, 0.25) is 0 Å². The predicted octanol–water partition coefficient (Wildman–Crippen LogP) is 7.57. The van der Waals surface area contributed by atoms with Gasteiger partial charge in [0.1, 0.15) is 51.6 Å². The number of benzene rings is 1. The molecule has 0 saturated heterocycles. The summed E-state index contributed by atoms with van der Waals surface area (Å²) in [7, 11) is 9.34. The van der Waals surface area contributed by atoms with E-state index in [1.165, 1.54) is 65.4 Å². The van der Waals surface area contributed by atoms with Crippen molar-refractivity contribution >= 4 is 33.9 Å². The molecule has 9 aromatic rings. The second-order valence-electron chi connectivity index (χ2n) is 16.0. The number of tetrazole rings is 2. The summed E-state index contributed by atoms with van der Waals surface area (Å²) in [6, 6.07) is 0. The number of nitrogens with one attached hydrogen (secondary N) is 1. The zero-order valence-corrected chi connectivity index (χ0v) is 46.4. The maximum atomic E-state index is 4.52. The first kappa shape index (κ1) is 57.6. The number of H-pyrrole nitrogens is 1. The van der Waals surface area contributed by atoms with E-state index in [-0.39, 0.29) is 0 Å². The lowest BCUT2D eigenvalue weighted by Crippen LogP contribution is -1.92. The molecule has 8 aromatic heterocycles. The fourth-order valence-electron chi connectivity index (χ4n) is 5.77. The molecule has 0 atom stereocenters. The zero-order chi connectivity index (χ0) is 51.7. The zero-order valence-electron chi connectivity index (χ0n) is 44.8. The SMILES string of the molecule is Cc1nc(C)c(C)s1.Cc1nc(C)n(C)c1C.Cc1nc(C)n(C)n1.Cc1nc(C)n(C)n1.Cc1nc2c(C)c(C)c(C)c(C)c2[nH]1.Cc1nnn(C)n1.Cc1nnnn1C.Cc1nsc(C)n1. The number of aromatic nitrogens is 21. The second kappa shape index (κ2) is 26.7. The molecule has 0 radical (unpaired) electrons. The van der Waals surface area contributed by atoms with Gasteiger partial charge in [0.05, 0.1) is 34.5 Å². The molecule has 9 rings (SSSR count). The van der Waals surface area contributed by atoms with Gasteiger partial charge in [-0.1, -0.05) is 0 Å². The Balaban J connectivity index is 0.000000270. The molecule has 0 amide bonds. The Hall–Kier alpha value is -6.49. The van der Waals surface area contributed by atoms with Gasteiger partial charge in [-0.25, -0.2) is 34.6 Å². The second-order valence-corrected chi connectivity index (χ2v) is 18.4. The maximum absolute atomic E-state index is 4.52. The van der Waals surface area contributed by atoms with Gasteiger partial charge in [0.25, 0.3) is 0 Å². The summed E-state index contributed by atoms with van der Waals surface area (Å²) in [5.41, 5.74) is 11.2. The third kappa shape index (κ3) is 18.3. The normalized spacial score (nSPS) is 10.1. The molecule has 68 heavy (non-hydrogen) atoms. The van der Waals surface area contributed by atoms with Crippen molar-refractivity contribution in [3.63, 3.8) is 0 Å². The molecule has 0 spiro atoms. The highest BCUT2D eigenvalue weighted by Gasteiger charge is 2.11. The van der Waals surface area contributed by atoms with Crippen molar-refractivity contribution in [3.05, 3.63) is 107 Å². The molecule has 0 bridgehead atoms. The fraction of sp³-hybridized carbons (Fsp3) is 0.533. The first-order valence-electron chi connectivity index (χ1n) is 21.8. The average molecular weight is 972 g/mol. The van der Waals surface area contributed by atoms with Crippen molar-refractivity contribution in [1.29, 1.82) is 0 Å². The van der Waals surface area contributed by atoms with Gasteiger partial charge in [0, 0.05) is 38.8 Å². The summed E-state index contributed by atoms with van der Waals surface area (Å²) in [5.74, 6) is 8.10. The highest BCUT2D eigenvalue weighted by Crippen LogP contribution is 2.27. The van der Waals surface area contributed by atoms with Crippen LogP contribution in [-0.4, -0.2) is 104 Å². The molecule has 0 saturated carbocycles. The summed E-state index contributed by atoms with van der Waals surface area (Å²) >= 11 is 3.20. The third-order valence-corrected chi connectivity index (χ3v) is 12.2. The summed E-state index contributed by atoms with van der Waals surface area (Å²) in [4.78, 5) is 31.3. The van der Waals surface area contributed by atoms with Crippen LogP contribution in [0.15, 0.2) is 0 Å². The Morgan fingerprint density at radius 1 is 0.441 bits per heavy atom. The molecule has 0 aliphatic carbocycles. The Bertz CT molecular complexity index is 2610. The van der Waals surface area contributed by atoms with Crippen LogP contribution in [0.2, 0.25) is 0 Å². The number of hydrogen-bond donors (Lipinski definition) is 1. The van der Waals surface area contributed by atoms with Crippen LogP contribution in [0.4, 0.5) is 0 Å². The summed E-state index contributed by atoms with van der Waals surface area (Å²) in [6.45, 7) is 38.0. The highest BCUT2D eigenvalue weighted by atomic mass is 32.1. The van der Waals surface area contributed by atoms with E-state index in [1.54, 1.807) is 46.4 Å².